The van der Waals surface area contributed by atoms with Gasteiger partial charge in [-0.2, -0.15) is 0 Å². The largest absolute Gasteiger partial charge is 0.444 e. The topological polar surface area (TPSA) is 77.2 Å². The van der Waals surface area contributed by atoms with Crippen LogP contribution < -0.4 is 5.32 Å². The zero-order valence-electron chi connectivity index (χ0n) is 12.4. The van der Waals surface area contributed by atoms with Crippen LogP contribution in [0.25, 0.3) is 22.4 Å². The molecular weight excluding hydrogens is 302 g/mol. The first-order valence-corrected chi connectivity index (χ1v) is 7.58. The molecule has 1 N–H and O–H groups in total. The lowest BCUT2D eigenvalue weighted by molar-refractivity contribution is 0.0636. The summed E-state index contributed by atoms with van der Waals surface area (Å²) in [4.78, 5) is 20.2. The summed E-state index contributed by atoms with van der Waals surface area (Å²) in [5, 5.41) is 4.99. The van der Waals surface area contributed by atoms with Crippen LogP contribution in [0.1, 0.15) is 20.8 Å². The number of carbonyl (C=O) groups excluding carboxylic acids is 1. The van der Waals surface area contributed by atoms with Crippen molar-refractivity contribution in [1.82, 2.24) is 9.97 Å². The first-order chi connectivity index (χ1) is 10.4. The maximum atomic E-state index is 11.7. The van der Waals surface area contributed by atoms with Crippen LogP contribution in [-0.2, 0) is 4.74 Å². The molecule has 1 amide bonds. The number of oxazole rings is 1. The quantitative estimate of drug-likeness (QED) is 0.762. The maximum absolute atomic E-state index is 11.7. The summed E-state index contributed by atoms with van der Waals surface area (Å²) in [5.74, 6) is 0. The van der Waals surface area contributed by atoms with E-state index in [0.29, 0.717) is 5.13 Å². The van der Waals surface area contributed by atoms with E-state index in [1.807, 2.05) is 44.4 Å². The van der Waals surface area contributed by atoms with E-state index in [9.17, 15) is 4.79 Å². The number of ether oxygens (including phenoxy) is 1. The molecule has 0 aliphatic carbocycles. The van der Waals surface area contributed by atoms with E-state index in [-0.39, 0.29) is 0 Å². The third-order valence-electron chi connectivity index (χ3n) is 2.74. The van der Waals surface area contributed by atoms with E-state index in [2.05, 4.69) is 15.3 Å². The Hall–Kier alpha value is -2.41. The molecule has 0 aliphatic rings. The van der Waals surface area contributed by atoms with Crippen LogP contribution >= 0.6 is 11.3 Å². The van der Waals surface area contributed by atoms with Gasteiger partial charge < -0.3 is 9.15 Å². The highest BCUT2D eigenvalue weighted by atomic mass is 32.1. The fourth-order valence-electron chi connectivity index (χ4n) is 1.87. The van der Waals surface area contributed by atoms with Gasteiger partial charge in [-0.15, -0.1) is 11.3 Å². The van der Waals surface area contributed by atoms with Crippen LogP contribution in [0.5, 0.6) is 0 Å². The number of carbonyl (C=O) groups is 1. The summed E-state index contributed by atoms with van der Waals surface area (Å²) in [6, 6.07) is 5.64. The predicted molar refractivity (Wildman–Crippen MR) is 85.0 cm³/mol. The van der Waals surface area contributed by atoms with E-state index in [1.54, 1.807) is 0 Å². The van der Waals surface area contributed by atoms with Gasteiger partial charge in [0, 0.05) is 10.9 Å². The molecule has 0 aliphatic heterocycles. The van der Waals surface area contributed by atoms with Crippen LogP contribution in [-0.4, -0.2) is 21.7 Å². The molecular formula is C15H15N3O3S. The molecule has 0 radical (unpaired) electrons. The first kappa shape index (κ1) is 14.5. The van der Waals surface area contributed by atoms with E-state index in [0.717, 1.165) is 22.4 Å². The number of benzene rings is 1. The van der Waals surface area contributed by atoms with E-state index < -0.39 is 11.7 Å². The van der Waals surface area contributed by atoms with E-state index in [1.165, 1.54) is 17.7 Å². The minimum absolute atomic E-state index is 0.490. The highest BCUT2D eigenvalue weighted by molar-refractivity contribution is 7.14. The highest BCUT2D eigenvalue weighted by Crippen LogP contribution is 2.27. The van der Waals surface area contributed by atoms with Crippen molar-refractivity contribution in [3.63, 3.8) is 0 Å². The zero-order valence-corrected chi connectivity index (χ0v) is 13.2. The second kappa shape index (κ2) is 5.42. The van der Waals surface area contributed by atoms with Crippen LogP contribution in [0.3, 0.4) is 0 Å². The van der Waals surface area contributed by atoms with Gasteiger partial charge in [0.05, 0.1) is 5.69 Å². The number of amides is 1. The number of rotatable bonds is 2. The average Bonchev–Trinajstić information content (AvgIpc) is 3.03. The number of fused-ring (bicyclic) bond motifs is 1. The Balaban J connectivity index is 1.77. The number of anilines is 1. The number of hydrogen-bond acceptors (Lipinski definition) is 6. The van der Waals surface area contributed by atoms with Gasteiger partial charge in [0.2, 0.25) is 0 Å². The summed E-state index contributed by atoms with van der Waals surface area (Å²) < 4.78 is 10.4. The SMILES string of the molecule is CC(C)(C)OC(=O)Nc1nc(-c2ccc3ocnc3c2)cs1. The maximum Gasteiger partial charge on any atom is 0.413 e. The molecule has 3 rings (SSSR count). The Bertz CT molecular complexity index is 817. The Morgan fingerprint density at radius 3 is 2.95 bits per heavy atom. The summed E-state index contributed by atoms with van der Waals surface area (Å²) in [6.07, 6.45) is 0.894. The van der Waals surface area contributed by atoms with Crippen molar-refractivity contribution < 1.29 is 13.9 Å². The molecule has 114 valence electrons. The fraction of sp³-hybridized carbons (Fsp3) is 0.267. The number of hydrogen-bond donors (Lipinski definition) is 1. The van der Waals surface area contributed by atoms with Gasteiger partial charge in [0.15, 0.2) is 17.1 Å². The second-order valence-electron chi connectivity index (χ2n) is 5.70. The van der Waals surface area contributed by atoms with Gasteiger partial charge in [-0.05, 0) is 39.0 Å². The molecule has 0 atom stereocenters. The zero-order chi connectivity index (χ0) is 15.7. The third-order valence-corrected chi connectivity index (χ3v) is 3.50. The Morgan fingerprint density at radius 1 is 1.36 bits per heavy atom. The molecule has 3 aromatic rings. The van der Waals surface area contributed by atoms with Gasteiger partial charge in [-0.1, -0.05) is 0 Å². The van der Waals surface area contributed by atoms with Crippen LogP contribution in [0.15, 0.2) is 34.4 Å². The molecule has 0 bridgehead atoms. The van der Waals surface area contributed by atoms with Gasteiger partial charge in [0.1, 0.15) is 11.1 Å². The molecule has 2 heterocycles. The van der Waals surface area contributed by atoms with Crippen molar-refractivity contribution in [2.45, 2.75) is 26.4 Å². The molecule has 22 heavy (non-hydrogen) atoms. The van der Waals surface area contributed by atoms with E-state index >= 15 is 0 Å². The van der Waals surface area contributed by atoms with Crippen molar-refractivity contribution in [2.24, 2.45) is 0 Å². The van der Waals surface area contributed by atoms with Gasteiger partial charge >= 0.3 is 6.09 Å². The van der Waals surface area contributed by atoms with Gasteiger partial charge in [-0.3, -0.25) is 5.32 Å². The Labute approximate surface area is 131 Å². The highest BCUT2D eigenvalue weighted by Gasteiger charge is 2.17. The molecule has 0 saturated carbocycles. The molecule has 2 aromatic heterocycles. The van der Waals surface area contributed by atoms with Crippen molar-refractivity contribution in [1.29, 1.82) is 0 Å². The first-order valence-electron chi connectivity index (χ1n) is 6.70. The lowest BCUT2D eigenvalue weighted by Crippen LogP contribution is -2.27. The molecule has 6 nitrogen and oxygen atoms in total. The Kier molecular flexibility index (Phi) is 3.58. The van der Waals surface area contributed by atoms with Crippen LogP contribution in [0.4, 0.5) is 9.93 Å². The molecule has 0 unspecified atom stereocenters. The fourth-order valence-corrected chi connectivity index (χ4v) is 2.58. The molecule has 0 spiro atoms. The summed E-state index contributed by atoms with van der Waals surface area (Å²) in [5.41, 5.74) is 2.64. The van der Waals surface area contributed by atoms with Crippen molar-refractivity contribution in [3.8, 4) is 11.3 Å². The number of nitrogens with one attached hydrogen (secondary N) is 1. The third kappa shape index (κ3) is 3.25. The number of nitrogens with zero attached hydrogens (tertiary/aromatic N) is 2. The predicted octanol–water partition coefficient (Wildman–Crippen LogP) is 4.30. The molecule has 7 heteroatoms. The molecule has 0 fully saturated rings. The lowest BCUT2D eigenvalue weighted by atomic mass is 10.1. The summed E-state index contributed by atoms with van der Waals surface area (Å²) >= 11 is 1.34. The smallest absolute Gasteiger partial charge is 0.413 e. The number of aromatic nitrogens is 2. The van der Waals surface area contributed by atoms with Crippen molar-refractivity contribution in [2.75, 3.05) is 5.32 Å². The Morgan fingerprint density at radius 2 is 2.18 bits per heavy atom. The monoisotopic (exact) mass is 317 g/mol. The summed E-state index contributed by atoms with van der Waals surface area (Å²) in [7, 11) is 0. The lowest BCUT2D eigenvalue weighted by Gasteiger charge is -2.18. The molecule has 1 aromatic carbocycles. The van der Waals surface area contributed by atoms with Crippen LogP contribution in [0, 0.1) is 0 Å². The normalized spacial score (nSPS) is 11.6. The second-order valence-corrected chi connectivity index (χ2v) is 6.56. The number of thiazole rings is 1. The van der Waals surface area contributed by atoms with Gasteiger partial charge in [0.25, 0.3) is 0 Å². The average molecular weight is 317 g/mol. The minimum atomic E-state index is -0.540. The summed E-state index contributed by atoms with van der Waals surface area (Å²) in [6.45, 7) is 5.44. The van der Waals surface area contributed by atoms with E-state index in [4.69, 9.17) is 9.15 Å². The standard InChI is InChI=1S/C15H15N3O3S/c1-15(2,3)21-14(19)18-13-17-11(7-22-13)9-4-5-12-10(6-9)16-8-20-12/h4-8H,1-3H3,(H,17,18,19). The minimum Gasteiger partial charge on any atom is -0.444 e. The van der Waals surface area contributed by atoms with Crippen molar-refractivity contribution in [3.05, 3.63) is 30.0 Å². The van der Waals surface area contributed by atoms with Crippen molar-refractivity contribution >= 4 is 33.7 Å². The van der Waals surface area contributed by atoms with Crippen LogP contribution in [0.2, 0.25) is 0 Å². The van der Waals surface area contributed by atoms with Gasteiger partial charge in [-0.25, -0.2) is 14.8 Å². The molecule has 0 saturated heterocycles.